The zero-order valence-corrected chi connectivity index (χ0v) is 17.5. The highest BCUT2D eigenvalue weighted by atomic mass is 32.2. The van der Waals surface area contributed by atoms with Crippen molar-refractivity contribution >= 4 is 10.2 Å². The summed E-state index contributed by atoms with van der Waals surface area (Å²) < 4.78 is 33.2. The lowest BCUT2D eigenvalue weighted by molar-refractivity contribution is -0.803. The van der Waals surface area contributed by atoms with Crippen LogP contribution in [-0.4, -0.2) is 54.0 Å². The maximum Gasteiger partial charge on any atom is 0.434 e. The number of rotatable bonds is 6. The third kappa shape index (κ3) is 4.00. The SMILES string of the molecule is CCC(c1n[nH]c(=O)o1)[N+](C)(C)S(=O)(=O)N1CCC(C2CCCCC2)CC1. The van der Waals surface area contributed by atoms with Crippen LogP contribution < -0.4 is 5.76 Å². The molecule has 1 saturated carbocycles. The Labute approximate surface area is 161 Å². The van der Waals surface area contributed by atoms with Gasteiger partial charge in [0.05, 0.1) is 14.1 Å². The highest BCUT2D eigenvalue weighted by molar-refractivity contribution is 7.83. The van der Waals surface area contributed by atoms with Crippen LogP contribution in [0, 0.1) is 11.8 Å². The Morgan fingerprint density at radius 1 is 1.15 bits per heavy atom. The van der Waals surface area contributed by atoms with Crippen LogP contribution in [0.5, 0.6) is 0 Å². The molecule has 0 aromatic carbocycles. The van der Waals surface area contributed by atoms with E-state index >= 15 is 0 Å². The third-order valence-corrected chi connectivity index (χ3v) is 9.07. The highest BCUT2D eigenvalue weighted by Crippen LogP contribution is 2.38. The van der Waals surface area contributed by atoms with E-state index in [2.05, 4.69) is 10.2 Å². The summed E-state index contributed by atoms with van der Waals surface area (Å²) in [7, 11) is -0.295. The van der Waals surface area contributed by atoms with Crippen molar-refractivity contribution < 1.29 is 16.7 Å². The Balaban J connectivity index is 1.72. The molecule has 1 N–H and O–H groups in total. The zero-order valence-electron chi connectivity index (χ0n) is 16.7. The molecule has 8 nitrogen and oxygen atoms in total. The van der Waals surface area contributed by atoms with E-state index in [1.54, 1.807) is 18.4 Å². The van der Waals surface area contributed by atoms with E-state index in [4.69, 9.17) is 4.42 Å². The van der Waals surface area contributed by atoms with Crippen LogP contribution >= 0.6 is 0 Å². The number of hydrogen-bond donors (Lipinski definition) is 1. The quantitative estimate of drug-likeness (QED) is 0.739. The number of aromatic nitrogens is 2. The fraction of sp³-hybridized carbons (Fsp3) is 0.889. The van der Waals surface area contributed by atoms with E-state index < -0.39 is 22.0 Å². The Kier molecular flexibility index (Phi) is 6.12. The van der Waals surface area contributed by atoms with Gasteiger partial charge >= 0.3 is 16.0 Å². The van der Waals surface area contributed by atoms with Crippen molar-refractivity contribution in [3.63, 3.8) is 0 Å². The van der Waals surface area contributed by atoms with Crippen LogP contribution in [0.25, 0.3) is 0 Å². The molecule has 154 valence electrons. The first kappa shape index (κ1) is 20.5. The van der Waals surface area contributed by atoms with Gasteiger partial charge in [-0.15, -0.1) is 5.10 Å². The van der Waals surface area contributed by atoms with Crippen LogP contribution in [0.4, 0.5) is 0 Å². The summed E-state index contributed by atoms with van der Waals surface area (Å²) in [5.41, 5.74) is 0. The van der Waals surface area contributed by atoms with Crippen molar-refractivity contribution in [2.24, 2.45) is 11.8 Å². The summed E-state index contributed by atoms with van der Waals surface area (Å²) in [6.07, 6.45) is 8.97. The molecule has 2 fully saturated rings. The molecular formula is C18H33N4O4S+. The molecule has 0 bridgehead atoms. The largest absolute Gasteiger partial charge is 0.434 e. The summed E-state index contributed by atoms with van der Waals surface area (Å²) in [6.45, 7) is 3.03. The van der Waals surface area contributed by atoms with Crippen LogP contribution in [0.2, 0.25) is 0 Å². The number of nitrogens with one attached hydrogen (secondary N) is 1. The van der Waals surface area contributed by atoms with Crippen molar-refractivity contribution in [3.05, 3.63) is 16.4 Å². The van der Waals surface area contributed by atoms with Gasteiger partial charge in [-0.1, -0.05) is 39.0 Å². The van der Waals surface area contributed by atoms with Crippen molar-refractivity contribution in [1.29, 1.82) is 0 Å². The summed E-state index contributed by atoms with van der Waals surface area (Å²) in [4.78, 5) is 11.3. The Morgan fingerprint density at radius 3 is 2.26 bits per heavy atom. The lowest BCUT2D eigenvalue weighted by Gasteiger charge is -2.41. The van der Waals surface area contributed by atoms with Crippen LogP contribution in [0.1, 0.15) is 70.2 Å². The number of hydrogen-bond acceptors (Lipinski definition) is 5. The molecule has 0 spiro atoms. The standard InChI is InChI=1S/C18H32N4O4S/c1-4-16(17-19-20-18(23)26-17)22(2,3)27(24,25)21-12-10-15(11-13-21)14-8-6-5-7-9-14/h14-16H,4-13H2,1-3H3/p+1. The van der Waals surface area contributed by atoms with Crippen LogP contribution in [0.3, 0.4) is 0 Å². The number of piperidine rings is 1. The average Bonchev–Trinajstić information content (AvgIpc) is 3.08. The van der Waals surface area contributed by atoms with E-state index in [1.165, 1.54) is 32.1 Å². The van der Waals surface area contributed by atoms with Crippen molar-refractivity contribution in [3.8, 4) is 0 Å². The highest BCUT2D eigenvalue weighted by Gasteiger charge is 2.48. The molecule has 2 heterocycles. The first-order chi connectivity index (χ1) is 12.8. The van der Waals surface area contributed by atoms with Gasteiger partial charge < -0.3 is 4.42 Å². The summed E-state index contributed by atoms with van der Waals surface area (Å²) in [5.74, 6) is 0.911. The first-order valence-corrected chi connectivity index (χ1v) is 11.6. The molecule has 0 radical (unpaired) electrons. The maximum absolute atomic E-state index is 13.4. The second-order valence-electron chi connectivity index (χ2n) is 8.42. The van der Waals surface area contributed by atoms with Gasteiger partial charge in [0.25, 0.3) is 5.89 Å². The molecule has 9 heteroatoms. The van der Waals surface area contributed by atoms with Gasteiger partial charge in [0.1, 0.15) is 0 Å². The maximum atomic E-state index is 13.4. The molecule has 1 aromatic heterocycles. The predicted octanol–water partition coefficient (Wildman–Crippen LogP) is 2.43. The lowest BCUT2D eigenvalue weighted by Crippen LogP contribution is -2.56. The van der Waals surface area contributed by atoms with Gasteiger partial charge in [-0.2, -0.15) is 16.6 Å². The molecule has 0 amide bonds. The van der Waals surface area contributed by atoms with Crippen LogP contribution in [-0.2, 0) is 10.2 Å². The molecule has 1 aliphatic heterocycles. The molecule has 3 rings (SSSR count). The number of quaternary nitrogens is 1. The molecule has 1 atom stereocenters. The normalized spacial score (nSPS) is 22.8. The molecule has 1 aromatic rings. The Morgan fingerprint density at radius 2 is 1.74 bits per heavy atom. The van der Waals surface area contributed by atoms with Crippen molar-refractivity contribution in [2.45, 2.75) is 64.3 Å². The van der Waals surface area contributed by atoms with E-state index in [1.807, 2.05) is 6.92 Å². The van der Waals surface area contributed by atoms with Crippen LogP contribution in [0.15, 0.2) is 9.21 Å². The second-order valence-corrected chi connectivity index (χ2v) is 10.8. The minimum atomic E-state index is -3.61. The van der Waals surface area contributed by atoms with E-state index in [0.717, 1.165) is 18.8 Å². The van der Waals surface area contributed by atoms with Gasteiger partial charge in [-0.25, -0.2) is 9.89 Å². The molecule has 1 saturated heterocycles. The Bertz CT molecular complexity index is 771. The molecule has 1 unspecified atom stereocenters. The van der Waals surface area contributed by atoms with Crippen molar-refractivity contribution in [2.75, 3.05) is 27.2 Å². The molecular weight excluding hydrogens is 368 g/mol. The fourth-order valence-corrected chi connectivity index (χ4v) is 6.73. The Hall–Kier alpha value is -1.19. The third-order valence-electron chi connectivity index (χ3n) is 6.61. The monoisotopic (exact) mass is 401 g/mol. The summed E-state index contributed by atoms with van der Waals surface area (Å²) in [6, 6.07) is -0.537. The van der Waals surface area contributed by atoms with Gasteiger partial charge in [0.15, 0.2) is 6.04 Å². The van der Waals surface area contributed by atoms with E-state index in [9.17, 15) is 13.2 Å². The predicted molar refractivity (Wildman–Crippen MR) is 102 cm³/mol. The number of aromatic amines is 1. The van der Waals surface area contributed by atoms with E-state index in [0.29, 0.717) is 25.4 Å². The topological polar surface area (TPSA) is 96.3 Å². The zero-order chi connectivity index (χ0) is 19.7. The molecule has 2 aliphatic rings. The summed E-state index contributed by atoms with van der Waals surface area (Å²) in [5, 5.41) is 6.12. The number of nitrogens with zero attached hydrogens (tertiary/aromatic N) is 3. The molecule has 27 heavy (non-hydrogen) atoms. The lowest BCUT2D eigenvalue weighted by atomic mass is 9.76. The molecule has 1 aliphatic carbocycles. The van der Waals surface area contributed by atoms with E-state index in [-0.39, 0.29) is 9.78 Å². The van der Waals surface area contributed by atoms with Crippen molar-refractivity contribution in [1.82, 2.24) is 14.5 Å². The average molecular weight is 402 g/mol. The second kappa shape index (κ2) is 8.05. The minimum absolute atomic E-state index is 0.146. The van der Waals surface area contributed by atoms with Gasteiger partial charge in [-0.05, 0) is 24.7 Å². The first-order valence-electron chi connectivity index (χ1n) is 10.2. The minimum Gasteiger partial charge on any atom is -0.386 e. The van der Waals surface area contributed by atoms with Gasteiger partial charge in [-0.3, -0.25) is 0 Å². The fourth-order valence-electron chi connectivity index (χ4n) is 4.91. The number of H-pyrrole nitrogens is 1. The smallest absolute Gasteiger partial charge is 0.386 e. The van der Waals surface area contributed by atoms with Gasteiger partial charge in [0, 0.05) is 19.5 Å². The summed E-state index contributed by atoms with van der Waals surface area (Å²) >= 11 is 0. The van der Waals surface area contributed by atoms with Gasteiger partial charge in [0.2, 0.25) is 0 Å².